The molecule has 0 saturated carbocycles. The van der Waals surface area contributed by atoms with Crippen molar-refractivity contribution in [2.75, 3.05) is 12.8 Å². The summed E-state index contributed by atoms with van der Waals surface area (Å²) in [6.07, 6.45) is 5.13. The third-order valence-electron chi connectivity index (χ3n) is 1.23. The Morgan fingerprint density at radius 2 is 2.70 bits per heavy atom. The fraction of sp³-hybridized carbons (Fsp3) is 0.333. The molecule has 0 aliphatic carbocycles. The Labute approximate surface area is 64.6 Å². The maximum atomic E-state index is 11.4. The van der Waals surface area contributed by atoms with Crippen LogP contribution in [-0.2, 0) is 4.57 Å². The molecule has 10 heavy (non-hydrogen) atoms. The highest BCUT2D eigenvalue weighted by Crippen LogP contribution is 2.61. The van der Waals surface area contributed by atoms with Gasteiger partial charge in [-0.05, 0) is 7.05 Å². The molecule has 0 amide bonds. The standard InChI is InChI=1S/C6H8NOPS/c1-3-6-4-9(8,7-2)10-5-6/h1,4H,5H2,2H3,(H,7,8). The number of hydrogen-bond acceptors (Lipinski definition) is 2. The Kier molecular flexibility index (Phi) is 2.25. The quantitative estimate of drug-likeness (QED) is 0.483. The molecule has 0 aromatic rings. The summed E-state index contributed by atoms with van der Waals surface area (Å²) in [5.41, 5.74) is 0.836. The highest BCUT2D eigenvalue weighted by atomic mass is 32.7. The van der Waals surface area contributed by atoms with Gasteiger partial charge in [-0.1, -0.05) is 17.3 Å². The fourth-order valence-corrected chi connectivity index (χ4v) is 4.17. The Morgan fingerprint density at radius 3 is 3.00 bits per heavy atom. The van der Waals surface area contributed by atoms with E-state index in [1.165, 1.54) is 11.4 Å². The van der Waals surface area contributed by atoms with Crippen LogP contribution in [0.25, 0.3) is 0 Å². The lowest BCUT2D eigenvalue weighted by atomic mass is 10.4. The fourth-order valence-electron chi connectivity index (χ4n) is 0.653. The van der Waals surface area contributed by atoms with Crippen LogP contribution in [0, 0.1) is 12.3 Å². The summed E-state index contributed by atoms with van der Waals surface area (Å²) in [4.78, 5) is 0. The van der Waals surface area contributed by atoms with Crippen molar-refractivity contribution < 1.29 is 4.57 Å². The van der Waals surface area contributed by atoms with Gasteiger partial charge in [0.1, 0.15) is 0 Å². The van der Waals surface area contributed by atoms with Gasteiger partial charge in [0, 0.05) is 17.1 Å². The molecule has 1 atom stereocenters. The van der Waals surface area contributed by atoms with E-state index in [4.69, 9.17) is 6.42 Å². The summed E-state index contributed by atoms with van der Waals surface area (Å²) >= 11 is 1.39. The second-order valence-electron chi connectivity index (χ2n) is 1.89. The number of nitrogens with one attached hydrogen (secondary N) is 1. The van der Waals surface area contributed by atoms with Gasteiger partial charge in [-0.3, -0.25) is 9.65 Å². The SMILES string of the molecule is C#CC1=CP(=O)(NC)SC1. The molecule has 1 heterocycles. The topological polar surface area (TPSA) is 29.1 Å². The minimum atomic E-state index is -2.26. The third-order valence-corrected chi connectivity index (χ3v) is 5.74. The van der Waals surface area contributed by atoms with Crippen molar-refractivity contribution in [3.8, 4) is 12.3 Å². The molecule has 0 aromatic heterocycles. The van der Waals surface area contributed by atoms with Crippen molar-refractivity contribution in [3.63, 3.8) is 0 Å². The van der Waals surface area contributed by atoms with E-state index in [9.17, 15) is 4.57 Å². The summed E-state index contributed by atoms with van der Waals surface area (Å²) in [6, 6.07) is 0. The zero-order chi connectivity index (χ0) is 7.61. The predicted molar refractivity (Wildman–Crippen MR) is 46.0 cm³/mol. The van der Waals surface area contributed by atoms with Crippen molar-refractivity contribution >= 4 is 17.9 Å². The molecule has 0 saturated heterocycles. The van der Waals surface area contributed by atoms with Gasteiger partial charge in [0.05, 0.1) is 0 Å². The average Bonchev–Trinajstić information content (AvgIpc) is 2.33. The van der Waals surface area contributed by atoms with Crippen molar-refractivity contribution in [2.24, 2.45) is 0 Å². The Bertz CT molecular complexity index is 253. The van der Waals surface area contributed by atoms with Crippen LogP contribution >= 0.6 is 17.9 Å². The zero-order valence-corrected chi connectivity index (χ0v) is 7.34. The maximum Gasteiger partial charge on any atom is 0.223 e. The van der Waals surface area contributed by atoms with Crippen LogP contribution < -0.4 is 5.09 Å². The van der Waals surface area contributed by atoms with E-state index in [0.29, 0.717) is 5.75 Å². The van der Waals surface area contributed by atoms with Gasteiger partial charge in [-0.15, -0.1) is 6.42 Å². The van der Waals surface area contributed by atoms with E-state index in [2.05, 4.69) is 11.0 Å². The number of rotatable bonds is 1. The van der Waals surface area contributed by atoms with Crippen molar-refractivity contribution in [3.05, 3.63) is 11.4 Å². The summed E-state index contributed by atoms with van der Waals surface area (Å²) in [6.45, 7) is -2.26. The van der Waals surface area contributed by atoms with Crippen LogP contribution in [0.15, 0.2) is 11.4 Å². The Hall–Kier alpha value is -0.160. The van der Waals surface area contributed by atoms with Gasteiger partial charge in [-0.25, -0.2) is 0 Å². The first-order valence-corrected chi connectivity index (χ1v) is 6.18. The van der Waals surface area contributed by atoms with E-state index in [0.717, 1.165) is 5.57 Å². The highest BCUT2D eigenvalue weighted by Gasteiger charge is 2.24. The van der Waals surface area contributed by atoms with E-state index in [1.54, 1.807) is 12.9 Å². The predicted octanol–water partition coefficient (Wildman–Crippen LogP) is 1.66. The Morgan fingerprint density at radius 1 is 2.00 bits per heavy atom. The van der Waals surface area contributed by atoms with Crippen LogP contribution in [0.1, 0.15) is 0 Å². The summed E-state index contributed by atoms with van der Waals surface area (Å²) < 4.78 is 11.4. The van der Waals surface area contributed by atoms with Gasteiger partial charge in [-0.2, -0.15) is 0 Å². The molecular formula is C6H8NOPS. The molecule has 54 valence electrons. The maximum absolute atomic E-state index is 11.4. The summed E-state index contributed by atoms with van der Waals surface area (Å²) in [5, 5.41) is 2.75. The van der Waals surface area contributed by atoms with E-state index >= 15 is 0 Å². The van der Waals surface area contributed by atoms with Crippen molar-refractivity contribution in [2.45, 2.75) is 0 Å². The number of terminal acetylenes is 1. The minimum absolute atomic E-state index is 0.703. The van der Waals surface area contributed by atoms with Crippen LogP contribution in [0.3, 0.4) is 0 Å². The minimum Gasteiger partial charge on any atom is -0.290 e. The third kappa shape index (κ3) is 1.46. The average molecular weight is 173 g/mol. The smallest absolute Gasteiger partial charge is 0.223 e. The molecule has 0 fully saturated rings. The first-order chi connectivity index (χ1) is 4.70. The second kappa shape index (κ2) is 2.84. The van der Waals surface area contributed by atoms with Gasteiger partial charge >= 0.3 is 0 Å². The van der Waals surface area contributed by atoms with Gasteiger partial charge in [0.25, 0.3) is 0 Å². The van der Waals surface area contributed by atoms with Crippen molar-refractivity contribution in [1.82, 2.24) is 5.09 Å². The highest BCUT2D eigenvalue weighted by molar-refractivity contribution is 8.59. The summed E-state index contributed by atoms with van der Waals surface area (Å²) in [5.74, 6) is 4.85. The van der Waals surface area contributed by atoms with Gasteiger partial charge < -0.3 is 0 Å². The molecule has 1 aliphatic heterocycles. The lowest BCUT2D eigenvalue weighted by Crippen LogP contribution is -1.93. The zero-order valence-electron chi connectivity index (χ0n) is 5.63. The van der Waals surface area contributed by atoms with Crippen molar-refractivity contribution in [1.29, 1.82) is 0 Å². The molecule has 2 nitrogen and oxygen atoms in total. The number of hydrogen-bond donors (Lipinski definition) is 1. The van der Waals surface area contributed by atoms with E-state index in [1.807, 2.05) is 0 Å². The van der Waals surface area contributed by atoms with Gasteiger partial charge in [0.15, 0.2) is 0 Å². The lowest BCUT2D eigenvalue weighted by Gasteiger charge is -2.02. The van der Waals surface area contributed by atoms with E-state index in [-0.39, 0.29) is 0 Å². The summed E-state index contributed by atoms with van der Waals surface area (Å²) in [7, 11) is 1.68. The van der Waals surface area contributed by atoms with E-state index < -0.39 is 6.49 Å². The molecule has 1 N–H and O–H groups in total. The molecular weight excluding hydrogens is 165 g/mol. The molecule has 0 bridgehead atoms. The monoisotopic (exact) mass is 173 g/mol. The normalized spacial score (nSPS) is 31.4. The largest absolute Gasteiger partial charge is 0.290 e. The van der Waals surface area contributed by atoms with Gasteiger partial charge in [0.2, 0.25) is 6.49 Å². The Balaban J connectivity index is 2.84. The van der Waals surface area contributed by atoms with Crippen LogP contribution in [0.5, 0.6) is 0 Å². The first kappa shape index (κ1) is 7.94. The molecule has 4 heteroatoms. The van der Waals surface area contributed by atoms with Crippen LogP contribution in [0.2, 0.25) is 0 Å². The second-order valence-corrected chi connectivity index (χ2v) is 6.74. The van der Waals surface area contributed by atoms with Crippen LogP contribution in [0.4, 0.5) is 0 Å². The molecule has 0 spiro atoms. The molecule has 1 aliphatic rings. The first-order valence-electron chi connectivity index (χ1n) is 2.82. The molecule has 0 aromatic carbocycles. The lowest BCUT2D eigenvalue weighted by molar-refractivity contribution is 0.586. The van der Waals surface area contributed by atoms with Crippen LogP contribution in [-0.4, -0.2) is 12.8 Å². The molecule has 0 radical (unpaired) electrons. The molecule has 1 rings (SSSR count). The molecule has 1 unspecified atom stereocenters.